The van der Waals surface area contributed by atoms with Crippen molar-refractivity contribution in [2.45, 2.75) is 20.8 Å². The molecule has 0 spiro atoms. The Hall–Kier alpha value is -2.35. The molecule has 0 unspecified atom stereocenters. The Kier molecular flexibility index (Phi) is 4.44. The third kappa shape index (κ3) is 2.66. The maximum Gasteiger partial charge on any atom is 0.348 e. The molecule has 0 fully saturated rings. The number of nitriles is 1. The van der Waals surface area contributed by atoms with Crippen molar-refractivity contribution in [3.63, 3.8) is 0 Å². The van der Waals surface area contributed by atoms with Crippen LogP contribution in [0.2, 0.25) is 0 Å². The highest BCUT2D eigenvalue weighted by Crippen LogP contribution is 2.20. The van der Waals surface area contributed by atoms with Crippen molar-refractivity contribution in [1.29, 1.82) is 5.26 Å². The van der Waals surface area contributed by atoms with Gasteiger partial charge in [0.05, 0.1) is 12.3 Å². The van der Waals surface area contributed by atoms with Gasteiger partial charge in [-0.2, -0.15) is 5.26 Å². The first-order valence-electron chi connectivity index (χ1n) is 5.48. The Morgan fingerprint density at radius 3 is 2.61 bits per heavy atom. The van der Waals surface area contributed by atoms with Crippen LogP contribution in [0.4, 0.5) is 0 Å². The fraction of sp³-hybridized carbons (Fsp3) is 0.308. The van der Waals surface area contributed by atoms with Gasteiger partial charge in [0.15, 0.2) is 6.29 Å². The molecular weight excluding hydrogens is 232 g/mol. The molecule has 5 nitrogen and oxygen atoms in total. The standard InChI is InChI=1S/C13H14N2O3/c1-4-18-13(17)10(6-14)5-11-8(2)12(7-16)15-9(11)3/h5,7,15H,4H2,1-3H3/b10-5+. The third-order valence-electron chi connectivity index (χ3n) is 2.56. The summed E-state index contributed by atoms with van der Waals surface area (Å²) in [6, 6.07) is 1.80. The lowest BCUT2D eigenvalue weighted by Crippen LogP contribution is -2.06. The summed E-state index contributed by atoms with van der Waals surface area (Å²) < 4.78 is 4.77. The fourth-order valence-electron chi connectivity index (χ4n) is 1.61. The Morgan fingerprint density at radius 2 is 2.17 bits per heavy atom. The number of ether oxygens (including phenoxy) is 1. The van der Waals surface area contributed by atoms with E-state index in [-0.39, 0.29) is 12.2 Å². The molecule has 1 aromatic rings. The molecule has 0 atom stereocenters. The van der Waals surface area contributed by atoms with E-state index >= 15 is 0 Å². The highest BCUT2D eigenvalue weighted by Gasteiger charge is 2.14. The number of H-pyrrole nitrogens is 1. The normalized spacial score (nSPS) is 10.9. The summed E-state index contributed by atoms with van der Waals surface area (Å²) in [6.45, 7) is 5.40. The second-order valence-electron chi connectivity index (χ2n) is 3.71. The second kappa shape index (κ2) is 5.82. The Labute approximate surface area is 105 Å². The van der Waals surface area contributed by atoms with E-state index in [1.54, 1.807) is 26.8 Å². The quantitative estimate of drug-likeness (QED) is 0.381. The molecule has 94 valence electrons. The monoisotopic (exact) mass is 246 g/mol. The van der Waals surface area contributed by atoms with Crippen molar-refractivity contribution >= 4 is 18.3 Å². The van der Waals surface area contributed by atoms with Crippen LogP contribution in [-0.2, 0) is 9.53 Å². The van der Waals surface area contributed by atoms with Crippen LogP contribution in [-0.4, -0.2) is 23.8 Å². The molecule has 1 N–H and O–H groups in total. The average molecular weight is 246 g/mol. The van der Waals surface area contributed by atoms with E-state index < -0.39 is 5.97 Å². The van der Waals surface area contributed by atoms with Gasteiger partial charge in [-0.15, -0.1) is 0 Å². The van der Waals surface area contributed by atoms with Crippen LogP contribution >= 0.6 is 0 Å². The fourth-order valence-corrected chi connectivity index (χ4v) is 1.61. The molecule has 0 aliphatic rings. The maximum atomic E-state index is 11.5. The predicted octanol–water partition coefficient (Wildman–Crippen LogP) is 1.91. The van der Waals surface area contributed by atoms with E-state index in [9.17, 15) is 9.59 Å². The number of esters is 1. The number of hydrogen-bond acceptors (Lipinski definition) is 4. The minimum atomic E-state index is -0.660. The third-order valence-corrected chi connectivity index (χ3v) is 2.56. The number of aldehydes is 1. The van der Waals surface area contributed by atoms with Crippen LogP contribution in [0.1, 0.15) is 34.2 Å². The highest BCUT2D eigenvalue weighted by atomic mass is 16.5. The zero-order chi connectivity index (χ0) is 13.7. The van der Waals surface area contributed by atoms with Crippen LogP contribution in [0.25, 0.3) is 6.08 Å². The largest absolute Gasteiger partial charge is 0.462 e. The smallest absolute Gasteiger partial charge is 0.348 e. The molecule has 0 bridgehead atoms. The zero-order valence-corrected chi connectivity index (χ0v) is 10.5. The van der Waals surface area contributed by atoms with Gasteiger partial charge in [0.25, 0.3) is 0 Å². The Morgan fingerprint density at radius 1 is 1.50 bits per heavy atom. The van der Waals surface area contributed by atoms with Gasteiger partial charge in [0, 0.05) is 11.3 Å². The number of aromatic amines is 1. The number of rotatable bonds is 4. The lowest BCUT2D eigenvalue weighted by molar-refractivity contribution is -0.137. The number of carbonyl (C=O) groups excluding carboxylic acids is 2. The molecule has 18 heavy (non-hydrogen) atoms. The van der Waals surface area contributed by atoms with Crippen LogP contribution < -0.4 is 0 Å². The Bertz CT molecular complexity index is 547. The van der Waals surface area contributed by atoms with Gasteiger partial charge in [-0.05, 0) is 32.4 Å². The SMILES string of the molecule is CCOC(=O)/C(C#N)=C/c1c(C)[nH]c(C=O)c1C. The summed E-state index contributed by atoms with van der Waals surface area (Å²) in [7, 11) is 0. The molecule has 0 aliphatic heterocycles. The molecular formula is C13H14N2O3. The number of aromatic nitrogens is 1. The first kappa shape index (κ1) is 13.7. The van der Waals surface area contributed by atoms with Gasteiger partial charge in [0.1, 0.15) is 11.6 Å². The number of hydrogen-bond donors (Lipinski definition) is 1. The summed E-state index contributed by atoms with van der Waals surface area (Å²) >= 11 is 0. The first-order chi connectivity index (χ1) is 8.54. The van der Waals surface area contributed by atoms with E-state index in [0.717, 1.165) is 5.69 Å². The predicted molar refractivity (Wildman–Crippen MR) is 65.9 cm³/mol. The molecule has 0 saturated heterocycles. The van der Waals surface area contributed by atoms with Crippen molar-refractivity contribution < 1.29 is 14.3 Å². The van der Waals surface area contributed by atoms with Gasteiger partial charge in [-0.3, -0.25) is 4.79 Å². The van der Waals surface area contributed by atoms with E-state index in [2.05, 4.69) is 4.98 Å². The van der Waals surface area contributed by atoms with Gasteiger partial charge in [-0.25, -0.2) is 4.79 Å². The minimum Gasteiger partial charge on any atom is -0.462 e. The maximum absolute atomic E-state index is 11.5. The topological polar surface area (TPSA) is 82.9 Å². The van der Waals surface area contributed by atoms with Crippen LogP contribution in [0, 0.1) is 25.2 Å². The van der Waals surface area contributed by atoms with Gasteiger partial charge in [-0.1, -0.05) is 0 Å². The highest BCUT2D eigenvalue weighted by molar-refractivity contribution is 5.98. The number of nitrogens with one attached hydrogen (secondary N) is 1. The molecule has 1 aromatic heterocycles. The number of carbonyl (C=O) groups is 2. The molecule has 0 radical (unpaired) electrons. The van der Waals surface area contributed by atoms with Crippen LogP contribution in [0.5, 0.6) is 0 Å². The molecule has 1 heterocycles. The van der Waals surface area contributed by atoms with Crippen molar-refractivity contribution in [2.75, 3.05) is 6.61 Å². The zero-order valence-electron chi connectivity index (χ0n) is 10.5. The summed E-state index contributed by atoms with van der Waals surface area (Å²) in [5.41, 5.74) is 2.47. The molecule has 0 aliphatic carbocycles. The van der Waals surface area contributed by atoms with Crippen molar-refractivity contribution in [3.05, 3.63) is 28.1 Å². The van der Waals surface area contributed by atoms with Crippen LogP contribution in [0.3, 0.4) is 0 Å². The average Bonchev–Trinajstić information content (AvgIpc) is 2.62. The first-order valence-corrected chi connectivity index (χ1v) is 5.48. The minimum absolute atomic E-state index is 0.0838. The molecule has 5 heteroatoms. The lowest BCUT2D eigenvalue weighted by Gasteiger charge is -2.00. The molecule has 1 rings (SSSR count). The summed E-state index contributed by atoms with van der Waals surface area (Å²) in [5.74, 6) is -0.660. The van der Waals surface area contributed by atoms with E-state index in [1.807, 2.05) is 0 Å². The number of aryl methyl sites for hydroxylation is 1. The van der Waals surface area contributed by atoms with Crippen molar-refractivity contribution in [3.8, 4) is 6.07 Å². The van der Waals surface area contributed by atoms with E-state index in [0.29, 0.717) is 23.1 Å². The van der Waals surface area contributed by atoms with Crippen LogP contribution in [0.15, 0.2) is 5.57 Å². The van der Waals surface area contributed by atoms with Gasteiger partial charge >= 0.3 is 5.97 Å². The summed E-state index contributed by atoms with van der Waals surface area (Å²) in [6.07, 6.45) is 2.14. The number of nitrogens with zero attached hydrogens (tertiary/aromatic N) is 1. The van der Waals surface area contributed by atoms with E-state index in [1.165, 1.54) is 6.08 Å². The van der Waals surface area contributed by atoms with Gasteiger partial charge < -0.3 is 9.72 Å². The summed E-state index contributed by atoms with van der Waals surface area (Å²) in [4.78, 5) is 25.1. The summed E-state index contributed by atoms with van der Waals surface area (Å²) in [5, 5.41) is 8.93. The van der Waals surface area contributed by atoms with Crippen molar-refractivity contribution in [2.24, 2.45) is 0 Å². The molecule has 0 aromatic carbocycles. The second-order valence-corrected chi connectivity index (χ2v) is 3.71. The lowest BCUT2D eigenvalue weighted by atomic mass is 10.1. The van der Waals surface area contributed by atoms with E-state index in [4.69, 9.17) is 10.00 Å². The Balaban J connectivity index is 3.22. The molecule has 0 saturated carbocycles. The molecule has 0 amide bonds. The van der Waals surface area contributed by atoms with Crippen molar-refractivity contribution in [1.82, 2.24) is 4.98 Å². The van der Waals surface area contributed by atoms with Gasteiger partial charge in [0.2, 0.25) is 0 Å².